The van der Waals surface area contributed by atoms with E-state index in [9.17, 15) is 18.0 Å². The van der Waals surface area contributed by atoms with Crippen molar-refractivity contribution in [2.24, 2.45) is 0 Å². The van der Waals surface area contributed by atoms with Crippen LogP contribution in [0.3, 0.4) is 0 Å². The maximum Gasteiger partial charge on any atom is 0.401 e. The third-order valence-corrected chi connectivity index (χ3v) is 2.32. The Morgan fingerprint density at radius 2 is 1.87 bits per heavy atom. The number of hydrogen-bond acceptors (Lipinski definition) is 2. The molecule has 0 aromatic carbocycles. The van der Waals surface area contributed by atoms with Gasteiger partial charge in [-0.2, -0.15) is 13.2 Å². The SMILES string of the molecule is CCCC(CC)(NCC(F)(F)F)C(=O)O. The summed E-state index contributed by atoms with van der Waals surface area (Å²) < 4.78 is 35.9. The number of carbonyl (C=O) groups is 1. The first-order valence-corrected chi connectivity index (χ1v) is 4.82. The van der Waals surface area contributed by atoms with E-state index >= 15 is 0 Å². The Bertz CT molecular complexity index is 218. The van der Waals surface area contributed by atoms with Crippen molar-refractivity contribution in [1.82, 2.24) is 5.32 Å². The predicted octanol–water partition coefficient (Wildman–Crippen LogP) is 2.17. The summed E-state index contributed by atoms with van der Waals surface area (Å²) in [5, 5.41) is 11.0. The van der Waals surface area contributed by atoms with Gasteiger partial charge < -0.3 is 5.11 Å². The predicted molar refractivity (Wildman–Crippen MR) is 49.6 cm³/mol. The molecule has 3 nitrogen and oxygen atoms in total. The smallest absolute Gasteiger partial charge is 0.401 e. The number of hydrogen-bond donors (Lipinski definition) is 2. The zero-order valence-electron chi connectivity index (χ0n) is 8.82. The fourth-order valence-corrected chi connectivity index (χ4v) is 1.42. The Morgan fingerprint density at radius 1 is 1.33 bits per heavy atom. The fourth-order valence-electron chi connectivity index (χ4n) is 1.42. The first kappa shape index (κ1) is 14.2. The molecule has 1 atom stereocenters. The molecule has 90 valence electrons. The van der Waals surface area contributed by atoms with Crippen molar-refractivity contribution >= 4 is 5.97 Å². The molecule has 0 aromatic heterocycles. The Hall–Kier alpha value is -0.780. The van der Waals surface area contributed by atoms with Crippen molar-refractivity contribution in [2.45, 2.75) is 44.8 Å². The lowest BCUT2D eigenvalue weighted by Gasteiger charge is -2.29. The van der Waals surface area contributed by atoms with Crippen LogP contribution in [0.15, 0.2) is 0 Å². The molecule has 0 aliphatic heterocycles. The summed E-state index contributed by atoms with van der Waals surface area (Å²) in [7, 11) is 0. The van der Waals surface area contributed by atoms with Crippen molar-refractivity contribution in [3.8, 4) is 0 Å². The molecule has 2 N–H and O–H groups in total. The summed E-state index contributed by atoms with van der Waals surface area (Å²) >= 11 is 0. The van der Waals surface area contributed by atoms with Gasteiger partial charge in [-0.25, -0.2) is 0 Å². The molecule has 0 rings (SSSR count). The third-order valence-electron chi connectivity index (χ3n) is 2.32. The minimum Gasteiger partial charge on any atom is -0.480 e. The Balaban J connectivity index is 4.55. The molecule has 0 radical (unpaired) electrons. The van der Waals surface area contributed by atoms with Crippen LogP contribution < -0.4 is 5.32 Å². The lowest BCUT2D eigenvalue weighted by atomic mass is 9.90. The number of aliphatic carboxylic acids is 1. The number of carboxylic acids is 1. The summed E-state index contributed by atoms with van der Waals surface area (Å²) in [5.74, 6) is -1.23. The highest BCUT2D eigenvalue weighted by atomic mass is 19.4. The minimum absolute atomic E-state index is 0.131. The van der Waals surface area contributed by atoms with Crippen molar-refractivity contribution in [2.75, 3.05) is 6.54 Å². The average Bonchev–Trinajstić information content (AvgIpc) is 2.10. The summed E-state index contributed by atoms with van der Waals surface area (Å²) in [4.78, 5) is 10.9. The van der Waals surface area contributed by atoms with Gasteiger partial charge in [0.05, 0.1) is 6.54 Å². The van der Waals surface area contributed by atoms with Crippen LogP contribution in [0.1, 0.15) is 33.1 Å². The zero-order valence-corrected chi connectivity index (χ0v) is 8.82. The molecule has 0 saturated carbocycles. The first-order chi connectivity index (χ1) is 6.77. The van der Waals surface area contributed by atoms with Crippen molar-refractivity contribution in [3.63, 3.8) is 0 Å². The van der Waals surface area contributed by atoms with Crippen molar-refractivity contribution in [3.05, 3.63) is 0 Å². The first-order valence-electron chi connectivity index (χ1n) is 4.82. The van der Waals surface area contributed by atoms with E-state index in [4.69, 9.17) is 5.11 Å². The molecular formula is C9H16F3NO2. The molecule has 0 aromatic rings. The molecule has 15 heavy (non-hydrogen) atoms. The molecule has 0 spiro atoms. The highest BCUT2D eigenvalue weighted by molar-refractivity contribution is 5.78. The zero-order chi connectivity index (χ0) is 12.1. The van der Waals surface area contributed by atoms with Gasteiger partial charge in [0, 0.05) is 0 Å². The lowest BCUT2D eigenvalue weighted by Crippen LogP contribution is -2.54. The average molecular weight is 227 g/mol. The molecule has 0 aliphatic carbocycles. The van der Waals surface area contributed by atoms with Gasteiger partial charge in [0.15, 0.2) is 0 Å². The van der Waals surface area contributed by atoms with E-state index in [1.807, 2.05) is 0 Å². The van der Waals surface area contributed by atoms with Gasteiger partial charge in [-0.1, -0.05) is 20.3 Å². The molecule has 0 fully saturated rings. The standard InChI is InChI=1S/C9H16F3NO2/c1-3-5-8(4-2,7(14)15)13-6-9(10,11)12/h13H,3-6H2,1-2H3,(H,14,15). The number of carboxylic acid groups (broad SMARTS) is 1. The van der Waals surface area contributed by atoms with Crippen LogP contribution in [-0.4, -0.2) is 29.3 Å². The van der Waals surface area contributed by atoms with Gasteiger partial charge in [-0.3, -0.25) is 10.1 Å². The van der Waals surface area contributed by atoms with E-state index in [-0.39, 0.29) is 12.8 Å². The fraction of sp³-hybridized carbons (Fsp3) is 0.889. The molecule has 0 heterocycles. The van der Waals surface area contributed by atoms with E-state index in [0.29, 0.717) is 6.42 Å². The topological polar surface area (TPSA) is 49.3 Å². The normalized spacial score (nSPS) is 16.1. The van der Waals surface area contributed by atoms with Gasteiger partial charge in [0.25, 0.3) is 0 Å². The highest BCUT2D eigenvalue weighted by Gasteiger charge is 2.39. The maximum absolute atomic E-state index is 12.0. The van der Waals surface area contributed by atoms with Crippen molar-refractivity contribution in [1.29, 1.82) is 0 Å². The summed E-state index contributed by atoms with van der Waals surface area (Å²) in [6, 6.07) is 0. The monoisotopic (exact) mass is 227 g/mol. The van der Waals surface area contributed by atoms with Gasteiger partial charge >= 0.3 is 12.1 Å². The van der Waals surface area contributed by atoms with Crippen LogP contribution in [0.25, 0.3) is 0 Å². The summed E-state index contributed by atoms with van der Waals surface area (Å²) in [5.41, 5.74) is -1.45. The lowest BCUT2D eigenvalue weighted by molar-refractivity contribution is -0.151. The molecule has 0 saturated heterocycles. The molecular weight excluding hydrogens is 211 g/mol. The Morgan fingerprint density at radius 3 is 2.13 bits per heavy atom. The van der Waals surface area contributed by atoms with Gasteiger partial charge in [-0.05, 0) is 12.8 Å². The van der Waals surface area contributed by atoms with Gasteiger partial charge in [0.2, 0.25) is 0 Å². The second kappa shape index (κ2) is 5.34. The largest absolute Gasteiger partial charge is 0.480 e. The van der Waals surface area contributed by atoms with E-state index in [2.05, 4.69) is 5.32 Å². The van der Waals surface area contributed by atoms with Crippen LogP contribution in [0.4, 0.5) is 13.2 Å². The van der Waals surface area contributed by atoms with Crippen LogP contribution in [0.2, 0.25) is 0 Å². The molecule has 0 amide bonds. The second-order valence-electron chi connectivity index (χ2n) is 3.46. The van der Waals surface area contributed by atoms with E-state index in [1.165, 1.54) is 0 Å². The van der Waals surface area contributed by atoms with Crippen LogP contribution in [0, 0.1) is 0 Å². The third kappa shape index (κ3) is 4.51. The number of nitrogens with one attached hydrogen (secondary N) is 1. The molecule has 1 unspecified atom stereocenters. The van der Waals surface area contributed by atoms with E-state index in [1.54, 1.807) is 13.8 Å². The number of alkyl halides is 3. The quantitative estimate of drug-likeness (QED) is 0.731. The van der Waals surface area contributed by atoms with Crippen LogP contribution >= 0.6 is 0 Å². The Kier molecular flexibility index (Phi) is 5.07. The minimum atomic E-state index is -4.39. The van der Waals surface area contributed by atoms with Crippen LogP contribution in [0.5, 0.6) is 0 Å². The Labute approximate surface area is 86.7 Å². The highest BCUT2D eigenvalue weighted by Crippen LogP contribution is 2.21. The molecule has 0 bridgehead atoms. The summed E-state index contributed by atoms with van der Waals surface area (Å²) in [6.07, 6.45) is -3.55. The number of rotatable bonds is 6. The van der Waals surface area contributed by atoms with E-state index < -0.39 is 24.2 Å². The van der Waals surface area contributed by atoms with Gasteiger partial charge in [-0.15, -0.1) is 0 Å². The van der Waals surface area contributed by atoms with E-state index in [0.717, 1.165) is 0 Å². The number of halogens is 3. The molecule has 0 aliphatic rings. The second-order valence-corrected chi connectivity index (χ2v) is 3.46. The maximum atomic E-state index is 12.0. The molecule has 6 heteroatoms. The summed E-state index contributed by atoms with van der Waals surface area (Å²) in [6.45, 7) is 2.03. The van der Waals surface area contributed by atoms with Crippen molar-refractivity contribution < 1.29 is 23.1 Å². The van der Waals surface area contributed by atoms with Crippen LogP contribution in [-0.2, 0) is 4.79 Å². The van der Waals surface area contributed by atoms with Gasteiger partial charge in [0.1, 0.15) is 5.54 Å².